The molecule has 0 aliphatic heterocycles. The number of hydrogen-bond acceptors (Lipinski definition) is 2. The Morgan fingerprint density at radius 3 is 2.50 bits per heavy atom. The molecule has 0 aliphatic rings. The first-order valence-corrected chi connectivity index (χ1v) is 11.9. The molecule has 0 atom stereocenters. The van der Waals surface area contributed by atoms with Crippen LogP contribution in [0.1, 0.15) is 20.3 Å². The van der Waals surface area contributed by atoms with Crippen LogP contribution in [0.2, 0.25) is 0 Å². The minimum absolute atomic E-state index is 0.00123. The Morgan fingerprint density at radius 2 is 2.00 bits per heavy atom. The van der Waals surface area contributed by atoms with Gasteiger partial charge in [-0.2, -0.15) is 0 Å². The van der Waals surface area contributed by atoms with E-state index in [9.17, 15) is 0 Å². The fourth-order valence-electron chi connectivity index (χ4n) is 0.244. The molecule has 0 rings (SSSR count). The van der Waals surface area contributed by atoms with Crippen molar-refractivity contribution in [2.24, 2.45) is 0 Å². The van der Waals surface area contributed by atoms with E-state index >= 15 is 0 Å². The average Bonchev–Trinajstić information content (AvgIpc) is 1.81. The molecule has 48 valence electrons. The SMILES string of the molecule is CCC[S][Sn][S]CC. The van der Waals surface area contributed by atoms with Crippen LogP contribution in [0, 0.1) is 0 Å². The molecule has 2 radical (unpaired) electrons. The summed E-state index contributed by atoms with van der Waals surface area (Å²) in [6, 6.07) is 0. The van der Waals surface area contributed by atoms with Gasteiger partial charge in [-0.15, -0.1) is 0 Å². The zero-order valence-corrected chi connectivity index (χ0v) is 9.92. The summed E-state index contributed by atoms with van der Waals surface area (Å²) < 4.78 is 0. The van der Waals surface area contributed by atoms with Crippen molar-refractivity contribution in [3.8, 4) is 0 Å². The fourth-order valence-corrected chi connectivity index (χ4v) is 10.6. The van der Waals surface area contributed by atoms with E-state index in [-0.39, 0.29) is 18.4 Å². The van der Waals surface area contributed by atoms with Crippen molar-refractivity contribution < 1.29 is 0 Å². The van der Waals surface area contributed by atoms with Gasteiger partial charge in [-0.3, -0.25) is 0 Å². The van der Waals surface area contributed by atoms with Crippen molar-refractivity contribution in [3.63, 3.8) is 0 Å². The first kappa shape index (κ1) is 9.50. The van der Waals surface area contributed by atoms with Gasteiger partial charge in [0, 0.05) is 0 Å². The first-order valence-electron chi connectivity index (χ1n) is 2.90. The van der Waals surface area contributed by atoms with E-state index < -0.39 is 0 Å². The molecule has 0 saturated carbocycles. The fraction of sp³-hybridized carbons (Fsp3) is 1.00. The summed E-state index contributed by atoms with van der Waals surface area (Å²) in [7, 11) is 4.39. The van der Waals surface area contributed by atoms with E-state index in [1.165, 1.54) is 17.9 Å². The molecule has 0 aromatic rings. The van der Waals surface area contributed by atoms with Gasteiger partial charge in [0.1, 0.15) is 0 Å². The van der Waals surface area contributed by atoms with Crippen LogP contribution in [0.15, 0.2) is 0 Å². The topological polar surface area (TPSA) is 0 Å². The van der Waals surface area contributed by atoms with Crippen molar-refractivity contribution in [1.29, 1.82) is 0 Å². The van der Waals surface area contributed by atoms with E-state index in [0.29, 0.717) is 0 Å². The first-order chi connectivity index (χ1) is 3.91. The third-order valence-corrected chi connectivity index (χ3v) is 12.7. The van der Waals surface area contributed by atoms with Gasteiger partial charge in [0.25, 0.3) is 0 Å². The normalized spacial score (nSPS) is 9.75. The summed E-state index contributed by atoms with van der Waals surface area (Å²) in [6.07, 6.45) is 1.36. The van der Waals surface area contributed by atoms with Gasteiger partial charge in [-0.05, 0) is 0 Å². The molecular weight excluding hydrogens is 243 g/mol. The molecule has 0 fully saturated rings. The zero-order valence-electron chi connectivity index (χ0n) is 5.44. The van der Waals surface area contributed by atoms with Crippen molar-refractivity contribution in [2.75, 3.05) is 11.5 Å². The Morgan fingerprint density at radius 1 is 1.25 bits per heavy atom. The Bertz CT molecular complexity index is 35.4. The molecule has 0 aromatic carbocycles. The summed E-state index contributed by atoms with van der Waals surface area (Å²) in [4.78, 5) is 0. The second-order valence-corrected chi connectivity index (χ2v) is 12.8. The van der Waals surface area contributed by atoms with Crippen LogP contribution in [-0.2, 0) is 0 Å². The molecule has 8 heavy (non-hydrogen) atoms. The maximum absolute atomic E-state index is 2.25. The number of hydrogen-bond donors (Lipinski definition) is 0. The summed E-state index contributed by atoms with van der Waals surface area (Å²) in [5.41, 5.74) is 0. The van der Waals surface area contributed by atoms with Gasteiger partial charge < -0.3 is 0 Å². The van der Waals surface area contributed by atoms with Gasteiger partial charge in [0.15, 0.2) is 0 Å². The Labute approximate surface area is 67.7 Å². The molecule has 0 saturated heterocycles. The van der Waals surface area contributed by atoms with E-state index in [1.807, 2.05) is 0 Å². The summed E-state index contributed by atoms with van der Waals surface area (Å²) in [6.45, 7) is 4.50. The van der Waals surface area contributed by atoms with Crippen molar-refractivity contribution in [2.45, 2.75) is 20.3 Å². The molecule has 0 bridgehead atoms. The predicted molar refractivity (Wildman–Crippen MR) is 46.6 cm³/mol. The van der Waals surface area contributed by atoms with Crippen LogP contribution in [-0.4, -0.2) is 29.9 Å². The maximum atomic E-state index is 2.25. The van der Waals surface area contributed by atoms with Gasteiger partial charge in [0.2, 0.25) is 0 Å². The van der Waals surface area contributed by atoms with Crippen molar-refractivity contribution in [1.82, 2.24) is 0 Å². The van der Waals surface area contributed by atoms with Crippen LogP contribution >= 0.6 is 17.9 Å². The minimum atomic E-state index is -0.00123. The predicted octanol–water partition coefficient (Wildman–Crippen LogP) is 2.42. The third kappa shape index (κ3) is 7.50. The average molecular weight is 255 g/mol. The molecule has 0 heterocycles. The van der Waals surface area contributed by atoms with Crippen LogP contribution in [0.3, 0.4) is 0 Å². The van der Waals surface area contributed by atoms with E-state index in [0.717, 1.165) is 0 Å². The van der Waals surface area contributed by atoms with Crippen LogP contribution in [0.4, 0.5) is 0 Å². The van der Waals surface area contributed by atoms with Crippen LogP contribution in [0.25, 0.3) is 0 Å². The molecule has 0 nitrogen and oxygen atoms in total. The molecule has 0 aliphatic carbocycles. The zero-order chi connectivity index (χ0) is 6.24. The molecule has 0 spiro atoms. The van der Waals surface area contributed by atoms with E-state index in [4.69, 9.17) is 0 Å². The molecule has 3 heteroatoms. The van der Waals surface area contributed by atoms with Crippen molar-refractivity contribution in [3.05, 3.63) is 0 Å². The van der Waals surface area contributed by atoms with Crippen molar-refractivity contribution >= 4 is 36.3 Å². The second-order valence-electron chi connectivity index (χ2n) is 1.36. The Balaban J connectivity index is 2.53. The van der Waals surface area contributed by atoms with Gasteiger partial charge in [-0.1, -0.05) is 0 Å². The number of rotatable bonds is 5. The summed E-state index contributed by atoms with van der Waals surface area (Å²) in [5, 5.41) is 0. The van der Waals surface area contributed by atoms with Gasteiger partial charge in [0.05, 0.1) is 0 Å². The Hall–Kier alpha value is 1.50. The molecule has 0 amide bonds. The molecule has 0 N–H and O–H groups in total. The molecule has 0 aromatic heterocycles. The summed E-state index contributed by atoms with van der Waals surface area (Å²) in [5.74, 6) is 2.74. The standard InChI is InChI=1S/C3H8S.C2H6S.Sn/c1-2-3-4;1-2-3;/h4H,2-3H2,1H3;3H,2H2,1H3;/q;;+2/p-2. The third-order valence-electron chi connectivity index (χ3n) is 0.568. The van der Waals surface area contributed by atoms with Gasteiger partial charge in [-0.25, -0.2) is 0 Å². The quantitative estimate of drug-likeness (QED) is 0.546. The van der Waals surface area contributed by atoms with Gasteiger partial charge >= 0.3 is 68.0 Å². The summed E-state index contributed by atoms with van der Waals surface area (Å²) >= 11 is -0.00123. The second kappa shape index (κ2) is 8.50. The molecular formula is C5H12S2Sn. The monoisotopic (exact) mass is 256 g/mol. The Kier molecular flexibility index (Phi) is 10.1. The molecule has 0 unspecified atom stereocenters. The van der Waals surface area contributed by atoms with E-state index in [2.05, 4.69) is 31.7 Å². The van der Waals surface area contributed by atoms with Crippen LogP contribution in [0.5, 0.6) is 0 Å². The van der Waals surface area contributed by atoms with Crippen LogP contribution < -0.4 is 0 Å². The van der Waals surface area contributed by atoms with E-state index in [1.54, 1.807) is 0 Å².